The summed E-state index contributed by atoms with van der Waals surface area (Å²) in [4.78, 5) is 1.43. The molecule has 0 aliphatic carbocycles. The smallest absolute Gasteiger partial charge is 0.0897 e. The van der Waals surface area contributed by atoms with E-state index >= 15 is 0 Å². The number of ether oxygens (including phenoxy) is 1. The molecule has 2 aliphatic heterocycles. The average Bonchev–Trinajstić information content (AvgIpc) is 3.17. The van der Waals surface area contributed by atoms with E-state index < -0.39 is 0 Å². The lowest BCUT2D eigenvalue weighted by Gasteiger charge is -2.36. The quantitative estimate of drug-likeness (QED) is 0.873. The van der Waals surface area contributed by atoms with Gasteiger partial charge in [0.2, 0.25) is 0 Å². The van der Waals surface area contributed by atoms with Crippen LogP contribution in [0.25, 0.3) is 0 Å². The fraction of sp³-hybridized carbons (Fsp3) is 0.412. The summed E-state index contributed by atoms with van der Waals surface area (Å²) < 4.78 is 6.08. The number of rotatable bonds is 2. The van der Waals surface area contributed by atoms with Crippen molar-refractivity contribution in [2.24, 2.45) is 5.92 Å². The van der Waals surface area contributed by atoms with Crippen molar-refractivity contribution in [3.63, 3.8) is 0 Å². The molecule has 0 bridgehead atoms. The summed E-state index contributed by atoms with van der Waals surface area (Å²) in [5.41, 5.74) is 4.01. The molecule has 20 heavy (non-hydrogen) atoms. The van der Waals surface area contributed by atoms with E-state index in [1.165, 1.54) is 21.7 Å². The van der Waals surface area contributed by atoms with E-state index in [-0.39, 0.29) is 6.10 Å². The van der Waals surface area contributed by atoms with Crippen LogP contribution in [0.15, 0.2) is 35.7 Å². The molecule has 1 N–H and O–H groups in total. The number of fused-ring (bicyclic) bond motifs is 3. The SMILES string of the molecule is CCc1ccc2c(c1)[C@@H]1OCC[C@H]1[C@@H](c1cccs1)N2. The third-order valence-electron chi connectivity index (χ3n) is 4.56. The van der Waals surface area contributed by atoms with Gasteiger partial charge in [0.05, 0.1) is 12.1 Å². The van der Waals surface area contributed by atoms with Crippen molar-refractivity contribution in [1.29, 1.82) is 0 Å². The first-order valence-corrected chi connectivity index (χ1v) is 8.29. The number of hydrogen-bond donors (Lipinski definition) is 1. The van der Waals surface area contributed by atoms with Crippen LogP contribution in [0, 0.1) is 5.92 Å². The van der Waals surface area contributed by atoms with E-state index in [0.717, 1.165) is 19.4 Å². The summed E-state index contributed by atoms with van der Waals surface area (Å²) in [6, 6.07) is 11.6. The van der Waals surface area contributed by atoms with Crippen LogP contribution in [0.5, 0.6) is 0 Å². The van der Waals surface area contributed by atoms with E-state index in [1.807, 2.05) is 11.3 Å². The minimum atomic E-state index is 0.268. The molecule has 0 radical (unpaired) electrons. The Morgan fingerprint density at radius 2 is 2.30 bits per heavy atom. The zero-order valence-corrected chi connectivity index (χ0v) is 12.5. The van der Waals surface area contributed by atoms with E-state index in [4.69, 9.17) is 4.74 Å². The fourth-order valence-corrected chi connectivity index (χ4v) is 4.34. The molecule has 4 rings (SSSR count). The topological polar surface area (TPSA) is 21.3 Å². The highest BCUT2D eigenvalue weighted by molar-refractivity contribution is 7.10. The standard InChI is InChI=1S/C17H19NOS/c1-2-11-5-6-14-13(10-11)17-12(7-8-19-17)16(18-14)15-4-3-9-20-15/h3-6,9-10,12,16-18H,2,7-8H2,1H3/t12-,16-,17+/m0/s1. The molecule has 2 nitrogen and oxygen atoms in total. The maximum Gasteiger partial charge on any atom is 0.0897 e. The van der Waals surface area contributed by atoms with Gasteiger partial charge in [-0.05, 0) is 35.9 Å². The van der Waals surface area contributed by atoms with Gasteiger partial charge < -0.3 is 10.1 Å². The summed E-state index contributed by atoms with van der Waals surface area (Å²) in [6.07, 6.45) is 2.50. The number of anilines is 1. The van der Waals surface area contributed by atoms with Crippen LogP contribution in [-0.2, 0) is 11.2 Å². The first kappa shape index (κ1) is 12.4. The number of hydrogen-bond acceptors (Lipinski definition) is 3. The lowest BCUT2D eigenvalue weighted by atomic mass is 9.83. The van der Waals surface area contributed by atoms with Crippen molar-refractivity contribution in [3.8, 4) is 0 Å². The van der Waals surface area contributed by atoms with Gasteiger partial charge in [-0.25, -0.2) is 0 Å². The van der Waals surface area contributed by atoms with Gasteiger partial charge >= 0.3 is 0 Å². The Morgan fingerprint density at radius 3 is 3.10 bits per heavy atom. The van der Waals surface area contributed by atoms with Gasteiger partial charge in [0, 0.05) is 28.7 Å². The van der Waals surface area contributed by atoms with E-state index in [0.29, 0.717) is 12.0 Å². The van der Waals surface area contributed by atoms with Gasteiger partial charge in [-0.15, -0.1) is 11.3 Å². The fourth-order valence-electron chi connectivity index (χ4n) is 3.49. The zero-order chi connectivity index (χ0) is 13.5. The summed E-state index contributed by atoms with van der Waals surface area (Å²) in [5.74, 6) is 0.563. The van der Waals surface area contributed by atoms with Crippen LogP contribution in [-0.4, -0.2) is 6.61 Å². The Kier molecular flexibility index (Phi) is 3.04. The molecule has 2 aromatic rings. The van der Waals surface area contributed by atoms with Crippen LogP contribution in [0.4, 0.5) is 5.69 Å². The largest absolute Gasteiger partial charge is 0.377 e. The summed E-state index contributed by atoms with van der Waals surface area (Å²) in [7, 11) is 0. The van der Waals surface area contributed by atoms with E-state index in [1.54, 1.807) is 0 Å². The molecule has 3 heterocycles. The van der Waals surface area contributed by atoms with Gasteiger partial charge in [0.15, 0.2) is 0 Å². The molecule has 0 amide bonds. The molecule has 2 aliphatic rings. The predicted octanol–water partition coefficient (Wildman–Crippen LogP) is 4.55. The lowest BCUT2D eigenvalue weighted by molar-refractivity contribution is 0.0832. The second-order valence-corrected chi connectivity index (χ2v) is 6.64. The van der Waals surface area contributed by atoms with Crippen molar-refractivity contribution in [3.05, 3.63) is 51.7 Å². The lowest BCUT2D eigenvalue weighted by Crippen LogP contribution is -2.28. The monoisotopic (exact) mass is 285 g/mol. The number of aryl methyl sites for hydroxylation is 1. The van der Waals surface area contributed by atoms with Gasteiger partial charge in [-0.1, -0.05) is 25.1 Å². The summed E-state index contributed by atoms with van der Waals surface area (Å²) in [6.45, 7) is 3.09. The second kappa shape index (κ2) is 4.90. The van der Waals surface area contributed by atoms with Crippen molar-refractivity contribution in [1.82, 2.24) is 0 Å². The van der Waals surface area contributed by atoms with Crippen LogP contribution in [0.2, 0.25) is 0 Å². The van der Waals surface area contributed by atoms with Gasteiger partial charge in [0.25, 0.3) is 0 Å². The Morgan fingerprint density at radius 1 is 1.35 bits per heavy atom. The van der Waals surface area contributed by atoms with Crippen LogP contribution >= 0.6 is 11.3 Å². The normalized spacial score (nSPS) is 27.8. The maximum atomic E-state index is 6.08. The molecular formula is C17H19NOS. The van der Waals surface area contributed by atoms with Crippen molar-refractivity contribution in [2.45, 2.75) is 31.9 Å². The Balaban J connectivity index is 1.78. The summed E-state index contributed by atoms with van der Waals surface area (Å²) in [5, 5.41) is 5.92. The molecule has 3 atom stereocenters. The molecule has 1 aromatic carbocycles. The highest BCUT2D eigenvalue weighted by Crippen LogP contribution is 2.50. The summed E-state index contributed by atoms with van der Waals surface area (Å²) >= 11 is 1.84. The third kappa shape index (κ3) is 1.88. The molecule has 1 saturated heterocycles. The van der Waals surface area contributed by atoms with Crippen molar-refractivity contribution in [2.75, 3.05) is 11.9 Å². The van der Waals surface area contributed by atoms with Crippen molar-refractivity contribution < 1.29 is 4.74 Å². The minimum absolute atomic E-state index is 0.268. The number of nitrogens with one attached hydrogen (secondary N) is 1. The van der Waals surface area contributed by atoms with Gasteiger partial charge in [0.1, 0.15) is 0 Å². The Bertz CT molecular complexity index is 607. The first-order chi connectivity index (χ1) is 9.86. The second-order valence-electron chi connectivity index (χ2n) is 5.66. The van der Waals surface area contributed by atoms with Crippen molar-refractivity contribution >= 4 is 17.0 Å². The molecule has 104 valence electrons. The molecule has 0 unspecified atom stereocenters. The van der Waals surface area contributed by atoms with E-state index in [2.05, 4.69) is 48.0 Å². The minimum Gasteiger partial charge on any atom is -0.377 e. The van der Waals surface area contributed by atoms with Gasteiger partial charge in [-0.2, -0.15) is 0 Å². The maximum absolute atomic E-state index is 6.08. The first-order valence-electron chi connectivity index (χ1n) is 7.41. The van der Waals surface area contributed by atoms with Crippen LogP contribution < -0.4 is 5.32 Å². The number of thiophene rings is 1. The molecular weight excluding hydrogens is 266 g/mol. The molecule has 1 aromatic heterocycles. The molecule has 1 fully saturated rings. The highest BCUT2D eigenvalue weighted by atomic mass is 32.1. The predicted molar refractivity (Wildman–Crippen MR) is 83.3 cm³/mol. The molecule has 3 heteroatoms. The van der Waals surface area contributed by atoms with Gasteiger partial charge in [-0.3, -0.25) is 0 Å². The number of benzene rings is 1. The average molecular weight is 285 g/mol. The molecule has 0 spiro atoms. The molecule has 0 saturated carbocycles. The van der Waals surface area contributed by atoms with Crippen LogP contribution in [0.3, 0.4) is 0 Å². The van der Waals surface area contributed by atoms with Crippen LogP contribution in [0.1, 0.15) is 41.5 Å². The van der Waals surface area contributed by atoms with E-state index in [9.17, 15) is 0 Å². The zero-order valence-electron chi connectivity index (χ0n) is 11.6. The third-order valence-corrected chi connectivity index (χ3v) is 5.51. The highest BCUT2D eigenvalue weighted by Gasteiger charge is 2.41. The Labute approximate surface area is 123 Å². The Hall–Kier alpha value is -1.32.